The van der Waals surface area contributed by atoms with Gasteiger partial charge in [0.25, 0.3) is 0 Å². The number of aliphatic hydroxyl groups excluding tert-OH is 1. The van der Waals surface area contributed by atoms with Crippen molar-refractivity contribution >= 4 is 17.3 Å². The average Bonchev–Trinajstić information content (AvgIpc) is 2.71. The van der Waals surface area contributed by atoms with Crippen molar-refractivity contribution in [3.05, 3.63) is 0 Å². The van der Waals surface area contributed by atoms with Crippen LogP contribution in [0.15, 0.2) is 0 Å². The van der Waals surface area contributed by atoms with Crippen molar-refractivity contribution in [2.24, 2.45) is 5.92 Å². The lowest BCUT2D eigenvalue weighted by molar-refractivity contribution is 0.425. The Kier molecular flexibility index (Phi) is 24.1. The Labute approximate surface area is 189 Å². The van der Waals surface area contributed by atoms with Gasteiger partial charge >= 0.3 is 0 Å². The highest BCUT2D eigenvalue weighted by Gasteiger charge is 2.12. The lowest BCUT2D eigenvalue weighted by Crippen LogP contribution is -2.11. The molecule has 1 nitrogen and oxygen atoms in total. The first-order valence-corrected chi connectivity index (χ1v) is 13.9. The van der Waals surface area contributed by atoms with Crippen molar-refractivity contribution in [1.29, 1.82) is 0 Å². The molecule has 0 aliphatic carbocycles. The lowest BCUT2D eigenvalue weighted by Gasteiger charge is -2.14. The first-order chi connectivity index (χ1) is 14.2. The molecule has 1 atom stereocenters. The third-order valence-corrected chi connectivity index (χ3v) is 6.74. The van der Waals surface area contributed by atoms with E-state index >= 15 is 0 Å². The van der Waals surface area contributed by atoms with Gasteiger partial charge in [-0.1, -0.05) is 149 Å². The van der Waals surface area contributed by atoms with Gasteiger partial charge in [-0.15, -0.1) is 0 Å². The maximum Gasteiger partial charge on any atom is 0.159 e. The van der Waals surface area contributed by atoms with E-state index in [1.54, 1.807) is 0 Å². The monoisotopic (exact) mass is 426 g/mol. The largest absolute Gasteiger partial charge is 0.502 e. The van der Waals surface area contributed by atoms with Crippen molar-refractivity contribution in [2.75, 3.05) is 0 Å². The van der Waals surface area contributed by atoms with Gasteiger partial charge in [-0.3, -0.25) is 0 Å². The molecule has 174 valence electrons. The number of hydrogen-bond donors (Lipinski definition) is 1. The van der Waals surface area contributed by atoms with Crippen LogP contribution in [0.25, 0.3) is 0 Å². The maximum atomic E-state index is 9.85. The Hall–Kier alpha value is -0.110. The van der Waals surface area contributed by atoms with E-state index in [0.717, 1.165) is 12.8 Å². The summed E-state index contributed by atoms with van der Waals surface area (Å²) in [7, 11) is 0. The van der Waals surface area contributed by atoms with Crippen molar-refractivity contribution < 1.29 is 5.11 Å². The van der Waals surface area contributed by atoms with E-state index in [-0.39, 0.29) is 11.0 Å². The number of rotatable bonds is 24. The fourth-order valence-corrected chi connectivity index (χ4v) is 4.56. The molecule has 2 heteroatoms. The minimum Gasteiger partial charge on any atom is -0.502 e. The molecular formula is C27H54OS. The lowest BCUT2D eigenvalue weighted by atomic mass is 9.94. The van der Waals surface area contributed by atoms with Gasteiger partial charge in [0.05, 0.1) is 0 Å². The molecule has 0 rings (SSSR count). The summed E-state index contributed by atoms with van der Waals surface area (Å²) in [6.45, 7) is 4.56. The second-order valence-electron chi connectivity index (χ2n) is 9.33. The Bertz CT molecular complexity index is 328. The van der Waals surface area contributed by atoms with Crippen LogP contribution in [0.1, 0.15) is 162 Å². The minimum absolute atomic E-state index is 0.271. The molecule has 0 aliphatic rings. The van der Waals surface area contributed by atoms with Crippen LogP contribution in [0, 0.1) is 5.92 Å². The highest BCUT2D eigenvalue weighted by molar-refractivity contribution is 7.80. The van der Waals surface area contributed by atoms with Crippen LogP contribution >= 0.6 is 12.2 Å². The first-order valence-electron chi connectivity index (χ1n) is 13.4. The SMILES string of the molecule is CCCCCCCCCCCCCC(CCCCCCCCCCCC)C(O)=S. The Morgan fingerprint density at radius 2 is 0.724 bits per heavy atom. The van der Waals surface area contributed by atoms with E-state index < -0.39 is 0 Å². The van der Waals surface area contributed by atoms with Crippen LogP contribution in [-0.2, 0) is 0 Å². The molecule has 0 bridgehead atoms. The summed E-state index contributed by atoms with van der Waals surface area (Å²) in [5.74, 6) is 0.276. The summed E-state index contributed by atoms with van der Waals surface area (Å²) in [6, 6.07) is 0. The summed E-state index contributed by atoms with van der Waals surface area (Å²) in [6.07, 6.45) is 31.1. The molecule has 1 unspecified atom stereocenters. The Balaban J connectivity index is 3.44. The second-order valence-corrected chi connectivity index (χ2v) is 9.75. The topological polar surface area (TPSA) is 20.2 Å². The zero-order valence-corrected chi connectivity index (χ0v) is 21.0. The van der Waals surface area contributed by atoms with E-state index in [0.29, 0.717) is 0 Å². The molecule has 0 aromatic carbocycles. The Morgan fingerprint density at radius 1 is 0.483 bits per heavy atom. The quantitative estimate of drug-likeness (QED) is 0.122. The summed E-state index contributed by atoms with van der Waals surface area (Å²) >= 11 is 5.12. The molecule has 0 radical (unpaired) electrons. The third-order valence-electron chi connectivity index (χ3n) is 6.41. The van der Waals surface area contributed by atoms with Crippen molar-refractivity contribution in [3.63, 3.8) is 0 Å². The molecular weight excluding hydrogens is 372 g/mol. The van der Waals surface area contributed by atoms with Crippen LogP contribution < -0.4 is 0 Å². The van der Waals surface area contributed by atoms with Gasteiger partial charge in [-0.2, -0.15) is 0 Å². The molecule has 0 aliphatic heterocycles. The number of thiocarbonyl (C=S) groups is 1. The maximum absolute atomic E-state index is 9.85. The zero-order valence-electron chi connectivity index (χ0n) is 20.2. The molecule has 1 N–H and O–H groups in total. The summed E-state index contributed by atoms with van der Waals surface area (Å²) in [5, 5.41) is 10.1. The summed E-state index contributed by atoms with van der Waals surface area (Å²) < 4.78 is 0. The molecule has 0 heterocycles. The predicted molar refractivity (Wildman–Crippen MR) is 136 cm³/mol. The molecule has 0 spiro atoms. The summed E-state index contributed by atoms with van der Waals surface area (Å²) in [5.41, 5.74) is 0. The van der Waals surface area contributed by atoms with Gasteiger partial charge in [0.1, 0.15) is 0 Å². The van der Waals surface area contributed by atoms with E-state index in [2.05, 4.69) is 13.8 Å². The standard InChI is InChI=1S/C27H54OS/c1-3-5-7-9-11-13-15-17-19-21-23-25-26(27(28)29)24-22-20-18-16-14-12-10-8-6-4-2/h26H,3-25H2,1-2H3,(H,28,29). The van der Waals surface area contributed by atoms with Crippen LogP contribution in [-0.4, -0.2) is 10.2 Å². The van der Waals surface area contributed by atoms with E-state index in [1.165, 1.54) is 135 Å². The van der Waals surface area contributed by atoms with E-state index in [4.69, 9.17) is 12.2 Å². The number of aliphatic hydroxyl groups is 1. The minimum atomic E-state index is 0.271. The fraction of sp³-hybridized carbons (Fsp3) is 0.963. The van der Waals surface area contributed by atoms with Crippen molar-refractivity contribution in [3.8, 4) is 0 Å². The van der Waals surface area contributed by atoms with Gasteiger partial charge in [0.2, 0.25) is 0 Å². The van der Waals surface area contributed by atoms with Crippen molar-refractivity contribution in [2.45, 2.75) is 162 Å². The van der Waals surface area contributed by atoms with Gasteiger partial charge in [0.15, 0.2) is 5.05 Å². The van der Waals surface area contributed by atoms with Crippen LogP contribution in [0.2, 0.25) is 0 Å². The Morgan fingerprint density at radius 3 is 0.966 bits per heavy atom. The molecule has 0 amide bonds. The smallest absolute Gasteiger partial charge is 0.159 e. The molecule has 0 aromatic heterocycles. The normalized spacial score (nSPS) is 12.3. The van der Waals surface area contributed by atoms with E-state index in [1.807, 2.05) is 0 Å². The van der Waals surface area contributed by atoms with E-state index in [9.17, 15) is 5.11 Å². The average molecular weight is 427 g/mol. The second kappa shape index (κ2) is 24.2. The van der Waals surface area contributed by atoms with Crippen molar-refractivity contribution in [1.82, 2.24) is 0 Å². The molecule has 0 aromatic rings. The third kappa shape index (κ3) is 22.4. The van der Waals surface area contributed by atoms with Gasteiger partial charge in [-0.25, -0.2) is 0 Å². The van der Waals surface area contributed by atoms with Gasteiger partial charge < -0.3 is 5.11 Å². The predicted octanol–water partition coefficient (Wildman–Crippen LogP) is 10.5. The molecule has 29 heavy (non-hydrogen) atoms. The molecule has 0 saturated carbocycles. The highest BCUT2D eigenvalue weighted by Crippen LogP contribution is 2.21. The molecule has 0 fully saturated rings. The van der Waals surface area contributed by atoms with Crippen LogP contribution in [0.4, 0.5) is 0 Å². The highest BCUT2D eigenvalue weighted by atomic mass is 32.1. The van der Waals surface area contributed by atoms with Gasteiger partial charge in [0, 0.05) is 5.92 Å². The summed E-state index contributed by atoms with van der Waals surface area (Å²) in [4.78, 5) is 0. The number of unbranched alkanes of at least 4 members (excludes halogenated alkanes) is 19. The first kappa shape index (κ1) is 28.9. The fourth-order valence-electron chi connectivity index (χ4n) is 4.32. The number of hydrogen-bond acceptors (Lipinski definition) is 1. The zero-order chi connectivity index (χ0) is 21.4. The van der Waals surface area contributed by atoms with Crippen LogP contribution in [0.5, 0.6) is 0 Å². The van der Waals surface area contributed by atoms with Crippen LogP contribution in [0.3, 0.4) is 0 Å². The van der Waals surface area contributed by atoms with Gasteiger partial charge in [-0.05, 0) is 25.1 Å². The molecule has 0 saturated heterocycles.